The van der Waals surface area contributed by atoms with Crippen molar-refractivity contribution in [1.29, 1.82) is 0 Å². The molecule has 6 heteroatoms. The molecule has 4 aromatic rings. The van der Waals surface area contributed by atoms with Gasteiger partial charge in [-0.1, -0.05) is 42.5 Å². The molecule has 0 amide bonds. The molecule has 34 heavy (non-hydrogen) atoms. The Hall–Kier alpha value is -3.54. The molecule has 5 rings (SSSR count). The van der Waals surface area contributed by atoms with Gasteiger partial charge in [-0.15, -0.1) is 0 Å². The van der Waals surface area contributed by atoms with Gasteiger partial charge in [-0.25, -0.2) is 0 Å². The number of nitrogens with zero attached hydrogens (tertiary/aromatic N) is 3. The number of aromatic amines is 1. The third-order valence-corrected chi connectivity index (χ3v) is 6.47. The summed E-state index contributed by atoms with van der Waals surface area (Å²) in [5.74, 6) is 0.839. The molecular formula is C28H32N4O2. The highest BCUT2D eigenvalue weighted by molar-refractivity contribution is 5.86. The number of hydrogen-bond acceptors (Lipinski definition) is 4. The van der Waals surface area contributed by atoms with E-state index in [9.17, 15) is 4.79 Å². The lowest BCUT2D eigenvalue weighted by atomic mass is 10.0. The molecule has 0 unspecified atom stereocenters. The molecule has 1 fully saturated rings. The summed E-state index contributed by atoms with van der Waals surface area (Å²) in [6.07, 6.45) is 4.23. The van der Waals surface area contributed by atoms with Crippen molar-refractivity contribution in [2.24, 2.45) is 0 Å². The van der Waals surface area contributed by atoms with Crippen LogP contribution in [0.25, 0.3) is 16.9 Å². The lowest BCUT2D eigenvalue weighted by molar-refractivity contribution is 0.242. The fourth-order valence-corrected chi connectivity index (χ4v) is 4.79. The molecule has 0 bridgehead atoms. The van der Waals surface area contributed by atoms with Crippen LogP contribution in [0.2, 0.25) is 0 Å². The maximum Gasteiger partial charge on any atom is 0.278 e. The third kappa shape index (κ3) is 4.32. The quantitative estimate of drug-likeness (QED) is 0.424. The van der Waals surface area contributed by atoms with Gasteiger partial charge in [0, 0.05) is 36.3 Å². The molecule has 176 valence electrons. The summed E-state index contributed by atoms with van der Waals surface area (Å²) in [7, 11) is 0. The summed E-state index contributed by atoms with van der Waals surface area (Å²) < 4.78 is 7.33. The van der Waals surface area contributed by atoms with E-state index < -0.39 is 0 Å². The smallest absolute Gasteiger partial charge is 0.278 e. The Bertz CT molecular complexity index is 1330. The van der Waals surface area contributed by atoms with Gasteiger partial charge in [0.1, 0.15) is 17.1 Å². The molecule has 0 radical (unpaired) electrons. The number of anilines is 1. The molecule has 0 atom stereocenters. The standard InChI is InChI=1S/C28H32N4O2/c1-19(2)34-23-14-12-21(13-15-23)18-24-20(3)29-27-26(31-16-8-5-9-17-31)25(30-32(27)28(24)33)22-10-6-4-7-11-22/h4,6-7,10-15,19,29H,5,8-9,16-18H2,1-3H3. The molecule has 6 nitrogen and oxygen atoms in total. The van der Waals surface area contributed by atoms with Crippen LogP contribution in [0.3, 0.4) is 0 Å². The second kappa shape index (κ2) is 9.37. The predicted octanol–water partition coefficient (Wildman–Crippen LogP) is 5.37. The highest BCUT2D eigenvalue weighted by Crippen LogP contribution is 2.34. The Morgan fingerprint density at radius 1 is 1.00 bits per heavy atom. The molecule has 1 aliphatic heterocycles. The summed E-state index contributed by atoms with van der Waals surface area (Å²) in [6.45, 7) is 7.97. The topological polar surface area (TPSA) is 62.6 Å². The molecule has 1 saturated heterocycles. The molecule has 1 N–H and O–H groups in total. The summed E-state index contributed by atoms with van der Waals surface area (Å²) in [5.41, 5.74) is 6.34. The van der Waals surface area contributed by atoms with E-state index in [0.29, 0.717) is 6.42 Å². The zero-order chi connectivity index (χ0) is 23.7. The summed E-state index contributed by atoms with van der Waals surface area (Å²) in [4.78, 5) is 19.6. The Labute approximate surface area is 200 Å². The first-order chi connectivity index (χ1) is 16.5. The van der Waals surface area contributed by atoms with E-state index in [1.165, 1.54) is 6.42 Å². The molecule has 0 saturated carbocycles. The second-order valence-electron chi connectivity index (χ2n) is 9.39. The number of piperidine rings is 1. The van der Waals surface area contributed by atoms with E-state index in [1.54, 1.807) is 4.52 Å². The monoisotopic (exact) mass is 456 g/mol. The van der Waals surface area contributed by atoms with Crippen LogP contribution in [0.1, 0.15) is 49.9 Å². The van der Waals surface area contributed by atoms with Crippen molar-refractivity contribution < 1.29 is 4.74 Å². The van der Waals surface area contributed by atoms with Crippen LogP contribution in [-0.4, -0.2) is 33.8 Å². The van der Waals surface area contributed by atoms with E-state index in [0.717, 1.165) is 71.1 Å². The zero-order valence-electron chi connectivity index (χ0n) is 20.2. The number of rotatable bonds is 6. The molecule has 3 heterocycles. The second-order valence-corrected chi connectivity index (χ2v) is 9.39. The Kier molecular flexibility index (Phi) is 6.14. The third-order valence-electron chi connectivity index (χ3n) is 6.47. The first-order valence-corrected chi connectivity index (χ1v) is 12.2. The largest absolute Gasteiger partial charge is 0.491 e. The van der Waals surface area contributed by atoms with Crippen LogP contribution < -0.4 is 15.2 Å². The summed E-state index contributed by atoms with van der Waals surface area (Å²) >= 11 is 0. The number of H-pyrrole nitrogens is 1. The van der Waals surface area contributed by atoms with Gasteiger partial charge in [-0.05, 0) is 57.7 Å². The number of aryl methyl sites for hydroxylation is 1. The van der Waals surface area contributed by atoms with E-state index in [4.69, 9.17) is 9.84 Å². The summed E-state index contributed by atoms with van der Waals surface area (Å²) in [6, 6.07) is 18.2. The highest BCUT2D eigenvalue weighted by Gasteiger charge is 2.25. The van der Waals surface area contributed by atoms with E-state index in [2.05, 4.69) is 22.0 Å². The van der Waals surface area contributed by atoms with Gasteiger partial charge in [0.05, 0.1) is 6.10 Å². The van der Waals surface area contributed by atoms with Crippen LogP contribution >= 0.6 is 0 Å². The minimum atomic E-state index is -0.0609. The Morgan fingerprint density at radius 3 is 2.38 bits per heavy atom. The maximum absolute atomic E-state index is 13.7. The van der Waals surface area contributed by atoms with Crippen molar-refractivity contribution in [3.05, 3.63) is 81.8 Å². The minimum absolute atomic E-state index is 0.0609. The first-order valence-electron chi connectivity index (χ1n) is 12.2. The number of hydrogen-bond donors (Lipinski definition) is 1. The minimum Gasteiger partial charge on any atom is -0.491 e. The maximum atomic E-state index is 13.7. The van der Waals surface area contributed by atoms with Crippen molar-refractivity contribution in [3.63, 3.8) is 0 Å². The first kappa shape index (κ1) is 22.3. The Balaban J connectivity index is 1.59. The predicted molar refractivity (Wildman–Crippen MR) is 137 cm³/mol. The number of ether oxygens (including phenoxy) is 1. The van der Waals surface area contributed by atoms with Gasteiger partial charge < -0.3 is 14.6 Å². The number of nitrogens with one attached hydrogen (secondary N) is 1. The molecule has 2 aromatic heterocycles. The molecule has 2 aromatic carbocycles. The van der Waals surface area contributed by atoms with Crippen LogP contribution in [0.4, 0.5) is 5.69 Å². The fourth-order valence-electron chi connectivity index (χ4n) is 4.79. The van der Waals surface area contributed by atoms with Gasteiger partial charge in [-0.2, -0.15) is 9.61 Å². The van der Waals surface area contributed by atoms with Crippen molar-refractivity contribution in [2.75, 3.05) is 18.0 Å². The lowest BCUT2D eigenvalue weighted by Gasteiger charge is -2.28. The van der Waals surface area contributed by atoms with Crippen LogP contribution in [0.15, 0.2) is 59.4 Å². The average Bonchev–Trinajstić information content (AvgIpc) is 3.23. The van der Waals surface area contributed by atoms with Crippen LogP contribution in [0.5, 0.6) is 5.75 Å². The van der Waals surface area contributed by atoms with Crippen LogP contribution in [-0.2, 0) is 6.42 Å². The highest BCUT2D eigenvalue weighted by atomic mass is 16.5. The average molecular weight is 457 g/mol. The van der Waals surface area contributed by atoms with E-state index in [-0.39, 0.29) is 11.7 Å². The van der Waals surface area contributed by atoms with E-state index >= 15 is 0 Å². The van der Waals surface area contributed by atoms with E-state index in [1.807, 2.05) is 63.2 Å². The number of benzene rings is 2. The van der Waals surface area contributed by atoms with Crippen molar-refractivity contribution >= 4 is 11.3 Å². The molecule has 0 spiro atoms. The van der Waals surface area contributed by atoms with Crippen molar-refractivity contribution in [2.45, 2.75) is 52.6 Å². The lowest BCUT2D eigenvalue weighted by Crippen LogP contribution is -2.30. The van der Waals surface area contributed by atoms with Crippen molar-refractivity contribution in [3.8, 4) is 17.0 Å². The normalized spacial score (nSPS) is 14.2. The molecular weight excluding hydrogens is 424 g/mol. The zero-order valence-corrected chi connectivity index (χ0v) is 20.2. The van der Waals surface area contributed by atoms with Gasteiger partial charge >= 0.3 is 0 Å². The van der Waals surface area contributed by atoms with Gasteiger partial charge in [0.15, 0.2) is 5.65 Å². The molecule has 1 aliphatic rings. The van der Waals surface area contributed by atoms with Gasteiger partial charge in [0.2, 0.25) is 0 Å². The Morgan fingerprint density at radius 2 is 1.71 bits per heavy atom. The van der Waals surface area contributed by atoms with Crippen LogP contribution in [0, 0.1) is 6.92 Å². The fraction of sp³-hybridized carbons (Fsp3) is 0.357. The number of aromatic nitrogens is 3. The number of fused-ring (bicyclic) bond motifs is 1. The van der Waals surface area contributed by atoms with Gasteiger partial charge in [-0.3, -0.25) is 4.79 Å². The SMILES string of the molecule is Cc1[nH]c2c(N3CCCCC3)c(-c3ccccc3)nn2c(=O)c1Cc1ccc(OC(C)C)cc1. The molecule has 0 aliphatic carbocycles. The van der Waals surface area contributed by atoms with Gasteiger partial charge in [0.25, 0.3) is 5.56 Å². The van der Waals surface area contributed by atoms with Crippen molar-refractivity contribution in [1.82, 2.24) is 14.6 Å². The summed E-state index contributed by atoms with van der Waals surface area (Å²) in [5, 5.41) is 4.86.